The summed E-state index contributed by atoms with van der Waals surface area (Å²) in [4.78, 5) is 2.53. The van der Waals surface area contributed by atoms with Gasteiger partial charge in [0.15, 0.2) is 0 Å². The van der Waals surface area contributed by atoms with Crippen LogP contribution < -0.4 is 5.73 Å². The van der Waals surface area contributed by atoms with Crippen LogP contribution in [-0.2, 0) is 4.74 Å². The number of ether oxygens (including phenoxy) is 1. The molecule has 3 heteroatoms. The maximum absolute atomic E-state index is 5.85. The minimum absolute atomic E-state index is 0.418. The van der Waals surface area contributed by atoms with Crippen molar-refractivity contribution in [2.24, 2.45) is 0 Å². The Morgan fingerprint density at radius 1 is 1.47 bits per heavy atom. The molecule has 1 fully saturated rings. The monoisotopic (exact) mass is 234 g/mol. The van der Waals surface area contributed by atoms with Crippen LogP contribution in [0.25, 0.3) is 0 Å². The maximum Gasteiger partial charge on any atom is 0.0590 e. The van der Waals surface area contributed by atoms with Gasteiger partial charge in [-0.15, -0.1) is 0 Å². The molecule has 0 radical (unpaired) electrons. The van der Waals surface area contributed by atoms with Crippen LogP contribution in [0.15, 0.2) is 24.3 Å². The molecule has 94 valence electrons. The number of nitrogens with zero attached hydrogens (tertiary/aromatic N) is 1. The van der Waals surface area contributed by atoms with E-state index in [0.717, 1.165) is 24.9 Å². The zero-order valence-electron chi connectivity index (χ0n) is 10.7. The van der Waals surface area contributed by atoms with Gasteiger partial charge in [-0.2, -0.15) is 0 Å². The zero-order chi connectivity index (χ0) is 12.3. The summed E-state index contributed by atoms with van der Waals surface area (Å²) in [6.07, 6.45) is 2.63. The number of benzene rings is 1. The fraction of sp³-hybridized carbons (Fsp3) is 0.571. The molecule has 1 aliphatic carbocycles. The average molecular weight is 234 g/mol. The van der Waals surface area contributed by atoms with E-state index in [-0.39, 0.29) is 0 Å². The fourth-order valence-electron chi connectivity index (χ4n) is 2.31. The summed E-state index contributed by atoms with van der Waals surface area (Å²) < 4.78 is 5.19. The molecule has 1 aliphatic rings. The van der Waals surface area contributed by atoms with Gasteiger partial charge < -0.3 is 10.5 Å². The van der Waals surface area contributed by atoms with Gasteiger partial charge >= 0.3 is 0 Å². The van der Waals surface area contributed by atoms with E-state index < -0.39 is 0 Å². The number of hydrogen-bond donors (Lipinski definition) is 1. The van der Waals surface area contributed by atoms with Gasteiger partial charge in [0, 0.05) is 31.4 Å². The third kappa shape index (κ3) is 3.20. The van der Waals surface area contributed by atoms with Crippen LogP contribution in [0.3, 0.4) is 0 Å². The summed E-state index contributed by atoms with van der Waals surface area (Å²) in [6.45, 7) is 4.04. The molecule has 0 aromatic heterocycles. The van der Waals surface area contributed by atoms with E-state index in [1.165, 1.54) is 18.4 Å². The SMILES string of the molecule is COCCN(C1CC1)C(C)c1cccc(N)c1. The molecule has 1 saturated carbocycles. The Kier molecular flexibility index (Phi) is 4.02. The number of methoxy groups -OCH3 is 1. The smallest absolute Gasteiger partial charge is 0.0590 e. The van der Waals surface area contributed by atoms with Crippen LogP contribution in [0.5, 0.6) is 0 Å². The van der Waals surface area contributed by atoms with E-state index >= 15 is 0 Å². The lowest BCUT2D eigenvalue weighted by molar-refractivity contribution is 0.119. The van der Waals surface area contributed by atoms with Crippen molar-refractivity contribution in [1.82, 2.24) is 4.90 Å². The van der Waals surface area contributed by atoms with Crippen molar-refractivity contribution in [3.05, 3.63) is 29.8 Å². The number of nitrogen functional groups attached to an aromatic ring is 1. The second-order valence-electron chi connectivity index (χ2n) is 4.81. The molecular formula is C14H22N2O. The first kappa shape index (κ1) is 12.4. The summed E-state index contributed by atoms with van der Waals surface area (Å²) in [5, 5.41) is 0. The van der Waals surface area contributed by atoms with E-state index in [9.17, 15) is 0 Å². The Morgan fingerprint density at radius 3 is 2.82 bits per heavy atom. The maximum atomic E-state index is 5.85. The van der Waals surface area contributed by atoms with E-state index in [1.807, 2.05) is 12.1 Å². The number of anilines is 1. The summed E-state index contributed by atoms with van der Waals surface area (Å²) in [5.41, 5.74) is 7.99. The van der Waals surface area contributed by atoms with Gasteiger partial charge in [0.05, 0.1) is 6.61 Å². The van der Waals surface area contributed by atoms with Gasteiger partial charge in [-0.05, 0) is 37.5 Å². The van der Waals surface area contributed by atoms with Crippen molar-refractivity contribution in [3.8, 4) is 0 Å². The van der Waals surface area contributed by atoms with Crippen molar-refractivity contribution in [2.75, 3.05) is 26.0 Å². The minimum Gasteiger partial charge on any atom is -0.399 e. The van der Waals surface area contributed by atoms with Crippen LogP contribution in [0.4, 0.5) is 5.69 Å². The predicted molar refractivity (Wildman–Crippen MR) is 70.9 cm³/mol. The van der Waals surface area contributed by atoms with Gasteiger partial charge in [-0.3, -0.25) is 4.90 Å². The second kappa shape index (κ2) is 5.52. The summed E-state index contributed by atoms with van der Waals surface area (Å²) in [6, 6.07) is 9.36. The molecule has 1 atom stereocenters. The van der Waals surface area contributed by atoms with Crippen LogP contribution in [0.2, 0.25) is 0 Å². The Labute approximate surface area is 104 Å². The largest absolute Gasteiger partial charge is 0.399 e. The van der Waals surface area contributed by atoms with E-state index in [4.69, 9.17) is 10.5 Å². The van der Waals surface area contributed by atoms with Gasteiger partial charge in [-0.25, -0.2) is 0 Å². The van der Waals surface area contributed by atoms with E-state index in [2.05, 4.69) is 24.0 Å². The highest BCUT2D eigenvalue weighted by molar-refractivity contribution is 5.41. The van der Waals surface area contributed by atoms with E-state index in [0.29, 0.717) is 6.04 Å². The summed E-state index contributed by atoms with van der Waals surface area (Å²) in [5.74, 6) is 0. The molecule has 0 amide bonds. The lowest BCUT2D eigenvalue weighted by Crippen LogP contribution is -2.32. The first-order chi connectivity index (χ1) is 8.22. The standard InChI is InChI=1S/C14H22N2O/c1-11(12-4-3-5-13(15)10-12)16(8-9-17-2)14-6-7-14/h3-5,10-11,14H,6-9,15H2,1-2H3. The molecule has 17 heavy (non-hydrogen) atoms. The first-order valence-corrected chi connectivity index (χ1v) is 6.32. The molecule has 0 heterocycles. The normalized spacial score (nSPS) is 17.4. The molecule has 2 N–H and O–H groups in total. The number of rotatable bonds is 6. The highest BCUT2D eigenvalue weighted by atomic mass is 16.5. The molecule has 0 bridgehead atoms. The molecule has 3 nitrogen and oxygen atoms in total. The average Bonchev–Trinajstić information content (AvgIpc) is 3.14. The molecule has 0 spiro atoms. The third-order valence-electron chi connectivity index (χ3n) is 3.46. The van der Waals surface area contributed by atoms with Gasteiger partial charge in [-0.1, -0.05) is 12.1 Å². The zero-order valence-corrected chi connectivity index (χ0v) is 10.7. The predicted octanol–water partition coefficient (Wildman–Crippen LogP) is 2.44. The van der Waals surface area contributed by atoms with Gasteiger partial charge in [0.25, 0.3) is 0 Å². The number of nitrogens with two attached hydrogens (primary N) is 1. The van der Waals surface area contributed by atoms with Crippen molar-refractivity contribution < 1.29 is 4.74 Å². The molecular weight excluding hydrogens is 212 g/mol. The molecule has 2 rings (SSSR count). The molecule has 1 unspecified atom stereocenters. The lowest BCUT2D eigenvalue weighted by Gasteiger charge is -2.29. The van der Waals surface area contributed by atoms with Crippen molar-refractivity contribution >= 4 is 5.69 Å². The molecule has 0 saturated heterocycles. The van der Waals surface area contributed by atoms with Crippen LogP contribution >= 0.6 is 0 Å². The second-order valence-corrected chi connectivity index (χ2v) is 4.81. The molecule has 1 aromatic carbocycles. The Hall–Kier alpha value is -1.06. The Balaban J connectivity index is 2.07. The van der Waals surface area contributed by atoms with Gasteiger partial charge in [0.1, 0.15) is 0 Å². The quantitative estimate of drug-likeness (QED) is 0.768. The topological polar surface area (TPSA) is 38.5 Å². The number of hydrogen-bond acceptors (Lipinski definition) is 3. The fourth-order valence-corrected chi connectivity index (χ4v) is 2.31. The molecule has 0 aliphatic heterocycles. The van der Waals surface area contributed by atoms with Gasteiger partial charge in [0.2, 0.25) is 0 Å². The van der Waals surface area contributed by atoms with Crippen molar-refractivity contribution in [2.45, 2.75) is 31.8 Å². The third-order valence-corrected chi connectivity index (χ3v) is 3.46. The van der Waals surface area contributed by atoms with Crippen LogP contribution in [-0.4, -0.2) is 31.2 Å². The Morgan fingerprint density at radius 2 is 2.24 bits per heavy atom. The Bertz CT molecular complexity index is 363. The van der Waals surface area contributed by atoms with E-state index in [1.54, 1.807) is 7.11 Å². The lowest BCUT2D eigenvalue weighted by atomic mass is 10.1. The highest BCUT2D eigenvalue weighted by Gasteiger charge is 2.32. The first-order valence-electron chi connectivity index (χ1n) is 6.32. The summed E-state index contributed by atoms with van der Waals surface area (Å²) in [7, 11) is 1.76. The van der Waals surface area contributed by atoms with Crippen LogP contribution in [0.1, 0.15) is 31.4 Å². The minimum atomic E-state index is 0.418. The summed E-state index contributed by atoms with van der Waals surface area (Å²) >= 11 is 0. The highest BCUT2D eigenvalue weighted by Crippen LogP contribution is 2.34. The van der Waals surface area contributed by atoms with Crippen LogP contribution in [0, 0.1) is 0 Å². The molecule has 1 aromatic rings. The van der Waals surface area contributed by atoms with Crippen molar-refractivity contribution in [3.63, 3.8) is 0 Å². The van der Waals surface area contributed by atoms with Crippen molar-refractivity contribution in [1.29, 1.82) is 0 Å².